The number of allylic oxidation sites excluding steroid dienone is 15. The maximum atomic E-state index is 13.2. The van der Waals surface area contributed by atoms with Crippen LogP contribution in [0.2, 0.25) is 0 Å². The van der Waals surface area contributed by atoms with Gasteiger partial charge in [0.15, 0.2) is 0 Å². The van der Waals surface area contributed by atoms with Gasteiger partial charge in [0.25, 0.3) is 0 Å². The molecule has 0 aliphatic carbocycles. The maximum Gasteiger partial charge on any atom is 0.306 e. The molecular formula is C60H103NO5. The van der Waals surface area contributed by atoms with Gasteiger partial charge in [-0.1, -0.05) is 240 Å². The van der Waals surface area contributed by atoms with Crippen LogP contribution in [0.4, 0.5) is 0 Å². The Morgan fingerprint density at radius 3 is 1.30 bits per heavy atom. The van der Waals surface area contributed by atoms with Crippen LogP contribution >= 0.6 is 0 Å². The Hall–Kier alpha value is -3.22. The molecule has 378 valence electrons. The fraction of sp³-hybridized carbons (Fsp3) is 0.700. The Labute approximate surface area is 407 Å². The van der Waals surface area contributed by atoms with Crippen LogP contribution in [0.15, 0.2) is 97.2 Å². The Bertz CT molecular complexity index is 1310. The predicted octanol–water partition coefficient (Wildman–Crippen LogP) is 16.9. The smallest absolute Gasteiger partial charge is 0.306 e. The summed E-state index contributed by atoms with van der Waals surface area (Å²) in [6.07, 6.45) is 70.5. The normalized spacial score (nSPS) is 14.0. The standard InChI is InChI=1S/C60H103NO5/c1-4-7-10-13-16-19-22-25-28-31-34-37-40-43-46-49-52-58(63)57(55-62)61-59(64)54-56(51-48-45-42-39-36-33-30-27-24-21-18-15-12-9-6-3)66-60(65)53-50-47-44-41-38-35-32-29-26-23-20-17-14-11-8-5-2/h8,11,17-18,20-21,26-27,29-30,35-36,38-39,45,48,56-58,62-63H,4-7,9-10,12-16,19,22-25,28,31-34,37,40-44,46-47,49-55H2,1-3H3,(H,61,64)/b11-8+,20-17+,21-18-,29-26+,30-27-,38-35+,39-36-,48-45-. The average molecular weight is 918 g/mol. The number of amides is 1. The Morgan fingerprint density at radius 2 is 0.848 bits per heavy atom. The minimum atomic E-state index is -0.822. The second kappa shape index (κ2) is 52.7. The highest BCUT2D eigenvalue weighted by Crippen LogP contribution is 2.16. The summed E-state index contributed by atoms with van der Waals surface area (Å²) in [6, 6.07) is -0.744. The van der Waals surface area contributed by atoms with E-state index in [1.54, 1.807) is 0 Å². The van der Waals surface area contributed by atoms with E-state index in [1.807, 2.05) is 12.2 Å². The van der Waals surface area contributed by atoms with E-state index in [0.29, 0.717) is 19.3 Å². The van der Waals surface area contributed by atoms with Crippen molar-refractivity contribution in [3.8, 4) is 0 Å². The molecule has 0 spiro atoms. The van der Waals surface area contributed by atoms with Gasteiger partial charge in [0.1, 0.15) is 6.10 Å². The van der Waals surface area contributed by atoms with Gasteiger partial charge < -0.3 is 20.3 Å². The van der Waals surface area contributed by atoms with E-state index in [1.165, 1.54) is 109 Å². The van der Waals surface area contributed by atoms with Gasteiger partial charge in [0.05, 0.1) is 25.2 Å². The highest BCUT2D eigenvalue weighted by Gasteiger charge is 2.23. The number of rotatable bonds is 48. The van der Waals surface area contributed by atoms with E-state index in [9.17, 15) is 19.8 Å². The molecule has 0 aliphatic rings. The van der Waals surface area contributed by atoms with Crippen LogP contribution in [0.3, 0.4) is 0 Å². The largest absolute Gasteiger partial charge is 0.461 e. The molecule has 0 saturated carbocycles. The lowest BCUT2D eigenvalue weighted by Gasteiger charge is -2.24. The van der Waals surface area contributed by atoms with Crippen LogP contribution in [-0.4, -0.2) is 46.9 Å². The number of carbonyl (C=O) groups excluding carboxylic acids is 2. The summed E-state index contributed by atoms with van der Waals surface area (Å²) in [5, 5.41) is 23.8. The summed E-state index contributed by atoms with van der Waals surface area (Å²) >= 11 is 0. The third kappa shape index (κ3) is 47.3. The van der Waals surface area contributed by atoms with Gasteiger partial charge in [-0.15, -0.1) is 0 Å². The van der Waals surface area contributed by atoms with E-state index >= 15 is 0 Å². The molecule has 0 saturated heterocycles. The number of hydrogen-bond donors (Lipinski definition) is 3. The number of aliphatic hydroxyl groups excluding tert-OH is 2. The summed E-state index contributed by atoms with van der Waals surface area (Å²) in [5.74, 6) is -0.617. The number of carbonyl (C=O) groups is 2. The lowest BCUT2D eigenvalue weighted by Crippen LogP contribution is -2.46. The molecule has 0 bridgehead atoms. The van der Waals surface area contributed by atoms with Crippen LogP contribution < -0.4 is 5.32 Å². The molecule has 6 nitrogen and oxygen atoms in total. The van der Waals surface area contributed by atoms with Gasteiger partial charge in [-0.3, -0.25) is 9.59 Å². The highest BCUT2D eigenvalue weighted by atomic mass is 16.5. The molecule has 3 N–H and O–H groups in total. The number of ether oxygens (including phenoxy) is 1. The number of aliphatic hydroxyl groups is 2. The first-order valence-corrected chi connectivity index (χ1v) is 27.5. The number of hydrogen-bond acceptors (Lipinski definition) is 5. The van der Waals surface area contributed by atoms with Crippen LogP contribution in [0, 0.1) is 0 Å². The zero-order valence-electron chi connectivity index (χ0n) is 43.0. The lowest BCUT2D eigenvalue weighted by molar-refractivity contribution is -0.150. The third-order valence-corrected chi connectivity index (χ3v) is 11.9. The van der Waals surface area contributed by atoms with Crippen molar-refractivity contribution < 1.29 is 24.5 Å². The molecular weight excluding hydrogens is 815 g/mol. The summed E-state index contributed by atoms with van der Waals surface area (Å²) < 4.78 is 5.87. The van der Waals surface area contributed by atoms with Crippen molar-refractivity contribution in [2.45, 2.75) is 264 Å². The highest BCUT2D eigenvalue weighted by molar-refractivity contribution is 5.77. The predicted molar refractivity (Wildman–Crippen MR) is 287 cm³/mol. The second-order valence-electron chi connectivity index (χ2n) is 18.3. The molecule has 6 heteroatoms. The minimum Gasteiger partial charge on any atom is -0.461 e. The minimum absolute atomic E-state index is 0.0160. The molecule has 0 aromatic rings. The molecule has 0 aliphatic heterocycles. The number of nitrogens with one attached hydrogen (secondary N) is 1. The summed E-state index contributed by atoms with van der Waals surface area (Å²) in [5.41, 5.74) is 0. The Morgan fingerprint density at radius 1 is 0.470 bits per heavy atom. The van der Waals surface area contributed by atoms with Crippen LogP contribution in [0.25, 0.3) is 0 Å². The quantitative estimate of drug-likeness (QED) is 0.0321. The van der Waals surface area contributed by atoms with Crippen molar-refractivity contribution >= 4 is 11.9 Å². The van der Waals surface area contributed by atoms with Crippen molar-refractivity contribution in [3.63, 3.8) is 0 Å². The first-order valence-electron chi connectivity index (χ1n) is 27.5. The van der Waals surface area contributed by atoms with Crippen molar-refractivity contribution in [3.05, 3.63) is 97.2 Å². The molecule has 3 unspecified atom stereocenters. The number of esters is 1. The summed E-state index contributed by atoms with van der Waals surface area (Å²) in [4.78, 5) is 26.2. The third-order valence-electron chi connectivity index (χ3n) is 11.9. The van der Waals surface area contributed by atoms with Gasteiger partial charge in [-0.2, -0.15) is 0 Å². The van der Waals surface area contributed by atoms with E-state index < -0.39 is 18.2 Å². The van der Waals surface area contributed by atoms with Crippen LogP contribution in [-0.2, 0) is 14.3 Å². The fourth-order valence-corrected chi connectivity index (χ4v) is 7.75. The molecule has 3 atom stereocenters. The van der Waals surface area contributed by atoms with Crippen molar-refractivity contribution in [1.29, 1.82) is 0 Å². The molecule has 0 aromatic heterocycles. The van der Waals surface area contributed by atoms with Crippen LogP contribution in [0.5, 0.6) is 0 Å². The first-order chi connectivity index (χ1) is 32.5. The molecule has 0 rings (SSSR count). The van der Waals surface area contributed by atoms with E-state index in [2.05, 4.69) is 111 Å². The SMILES string of the molecule is CC/C=C/C/C=C/C/C=C/C/C=C/CCCCCC(=O)OC(C/C=C\C/C=C\C/C=C\C/C=C\CCCCC)CC(=O)NC(CO)C(O)CCCCCCCCCCCCCCCCCC. The van der Waals surface area contributed by atoms with Gasteiger partial charge in [-0.25, -0.2) is 0 Å². The first kappa shape index (κ1) is 62.8. The molecule has 0 fully saturated rings. The molecule has 1 amide bonds. The second-order valence-corrected chi connectivity index (χ2v) is 18.3. The number of unbranched alkanes of at least 4 members (excludes halogenated alkanes) is 21. The molecule has 66 heavy (non-hydrogen) atoms. The van der Waals surface area contributed by atoms with Gasteiger partial charge in [0, 0.05) is 12.8 Å². The van der Waals surface area contributed by atoms with Crippen molar-refractivity contribution in [2.24, 2.45) is 0 Å². The van der Waals surface area contributed by atoms with Crippen LogP contribution in [0.1, 0.15) is 245 Å². The Kier molecular flexibility index (Phi) is 50.2. The van der Waals surface area contributed by atoms with E-state index in [0.717, 1.165) is 89.9 Å². The topological polar surface area (TPSA) is 95.9 Å². The zero-order chi connectivity index (χ0) is 48.1. The Balaban J connectivity index is 4.73. The van der Waals surface area contributed by atoms with Crippen molar-refractivity contribution in [1.82, 2.24) is 5.32 Å². The van der Waals surface area contributed by atoms with E-state index in [4.69, 9.17) is 4.74 Å². The van der Waals surface area contributed by atoms with Gasteiger partial charge >= 0.3 is 5.97 Å². The van der Waals surface area contributed by atoms with Crippen molar-refractivity contribution in [2.75, 3.05) is 6.61 Å². The monoisotopic (exact) mass is 918 g/mol. The van der Waals surface area contributed by atoms with E-state index in [-0.39, 0.29) is 24.9 Å². The molecule has 0 heterocycles. The summed E-state index contributed by atoms with van der Waals surface area (Å²) in [6.45, 7) is 6.31. The van der Waals surface area contributed by atoms with Gasteiger partial charge in [0.2, 0.25) is 5.91 Å². The average Bonchev–Trinajstić information content (AvgIpc) is 3.31. The zero-order valence-corrected chi connectivity index (χ0v) is 43.0. The molecule has 0 aromatic carbocycles. The maximum absolute atomic E-state index is 13.2. The lowest BCUT2D eigenvalue weighted by atomic mass is 10.0. The summed E-state index contributed by atoms with van der Waals surface area (Å²) in [7, 11) is 0. The fourth-order valence-electron chi connectivity index (χ4n) is 7.75. The van der Waals surface area contributed by atoms with Gasteiger partial charge in [-0.05, 0) is 83.5 Å². The molecule has 0 radical (unpaired) electrons.